The molecule has 0 rings (SSSR count). The number of carbonyl (C=O) groups is 2. The molecule has 0 amide bonds. The Bertz CT molecular complexity index is 303. The number of esters is 2. The zero-order valence-electron chi connectivity index (χ0n) is 13.2. The van der Waals surface area contributed by atoms with Crippen LogP contribution in [0.5, 0.6) is 0 Å². The van der Waals surface area contributed by atoms with Crippen LogP contribution in [0, 0.1) is 23.7 Å². The smallest absolute Gasteiger partial charge is 0.313 e. The van der Waals surface area contributed by atoms with Crippen molar-refractivity contribution in [1.82, 2.24) is 0 Å². The summed E-state index contributed by atoms with van der Waals surface area (Å²) in [5.41, 5.74) is 11.2. The minimum absolute atomic E-state index is 0.0521. The molecule has 0 aliphatic rings. The first-order valence-electron chi connectivity index (χ1n) is 7.43. The molecule has 0 aliphatic carbocycles. The van der Waals surface area contributed by atoms with Gasteiger partial charge in [0.1, 0.15) is 0 Å². The second-order valence-corrected chi connectivity index (χ2v) is 6.23. The van der Waals surface area contributed by atoms with Crippen LogP contribution in [-0.4, -0.2) is 25.0 Å². The number of hydrogen-bond donors (Lipinski definition) is 2. The average molecular weight is 286 g/mol. The van der Waals surface area contributed by atoms with Crippen molar-refractivity contribution in [3.8, 4) is 0 Å². The van der Waals surface area contributed by atoms with E-state index in [2.05, 4.69) is 13.8 Å². The number of ether oxygens (including phenoxy) is 1. The highest BCUT2D eigenvalue weighted by Crippen LogP contribution is 2.17. The Labute approximate surface area is 122 Å². The van der Waals surface area contributed by atoms with Gasteiger partial charge in [-0.3, -0.25) is 9.59 Å². The minimum Gasteiger partial charge on any atom is -0.393 e. The van der Waals surface area contributed by atoms with Gasteiger partial charge in [-0.1, -0.05) is 27.7 Å². The van der Waals surface area contributed by atoms with Crippen molar-refractivity contribution in [3.63, 3.8) is 0 Å². The van der Waals surface area contributed by atoms with Crippen LogP contribution in [0.1, 0.15) is 47.0 Å². The van der Waals surface area contributed by atoms with Crippen LogP contribution >= 0.6 is 0 Å². The molecule has 0 radical (unpaired) electrons. The lowest BCUT2D eigenvalue weighted by Gasteiger charge is -2.18. The van der Waals surface area contributed by atoms with Crippen molar-refractivity contribution in [2.24, 2.45) is 35.1 Å². The molecule has 0 aromatic heterocycles. The molecule has 118 valence electrons. The molecule has 5 heteroatoms. The zero-order valence-corrected chi connectivity index (χ0v) is 13.2. The SMILES string of the molecule is CC(C)CC(CN)CC(=O)OC(=O)CC(CN)C(C)C. The Morgan fingerprint density at radius 3 is 1.90 bits per heavy atom. The van der Waals surface area contributed by atoms with Crippen molar-refractivity contribution in [3.05, 3.63) is 0 Å². The van der Waals surface area contributed by atoms with Gasteiger partial charge in [-0.15, -0.1) is 0 Å². The number of nitrogens with two attached hydrogens (primary N) is 2. The fraction of sp³-hybridized carbons (Fsp3) is 0.867. The van der Waals surface area contributed by atoms with Gasteiger partial charge in [0, 0.05) is 0 Å². The van der Waals surface area contributed by atoms with Gasteiger partial charge < -0.3 is 16.2 Å². The molecule has 20 heavy (non-hydrogen) atoms. The zero-order chi connectivity index (χ0) is 15.7. The van der Waals surface area contributed by atoms with Gasteiger partial charge in [0.15, 0.2) is 0 Å². The molecule has 0 fully saturated rings. The molecule has 0 aliphatic heterocycles. The van der Waals surface area contributed by atoms with E-state index >= 15 is 0 Å². The van der Waals surface area contributed by atoms with E-state index in [4.69, 9.17) is 16.2 Å². The van der Waals surface area contributed by atoms with E-state index in [1.807, 2.05) is 13.8 Å². The number of carbonyl (C=O) groups excluding carboxylic acids is 2. The first kappa shape index (κ1) is 19.1. The van der Waals surface area contributed by atoms with Crippen molar-refractivity contribution in [2.75, 3.05) is 13.1 Å². The van der Waals surface area contributed by atoms with Crippen LogP contribution in [0.2, 0.25) is 0 Å². The summed E-state index contributed by atoms with van der Waals surface area (Å²) in [6, 6.07) is 0. The van der Waals surface area contributed by atoms with Crippen LogP contribution in [0.3, 0.4) is 0 Å². The first-order chi connectivity index (χ1) is 9.29. The van der Waals surface area contributed by atoms with E-state index in [0.717, 1.165) is 6.42 Å². The summed E-state index contributed by atoms with van der Waals surface area (Å²) in [5, 5.41) is 0. The van der Waals surface area contributed by atoms with Gasteiger partial charge in [0.05, 0.1) is 12.8 Å². The van der Waals surface area contributed by atoms with Crippen LogP contribution in [0.15, 0.2) is 0 Å². The quantitative estimate of drug-likeness (QED) is 0.497. The maximum atomic E-state index is 11.7. The maximum Gasteiger partial charge on any atom is 0.313 e. The molecule has 0 saturated heterocycles. The van der Waals surface area contributed by atoms with Gasteiger partial charge in [0.25, 0.3) is 0 Å². The van der Waals surface area contributed by atoms with Crippen LogP contribution in [-0.2, 0) is 14.3 Å². The van der Waals surface area contributed by atoms with Gasteiger partial charge in [-0.2, -0.15) is 0 Å². The summed E-state index contributed by atoms with van der Waals surface area (Å²) in [7, 11) is 0. The largest absolute Gasteiger partial charge is 0.393 e. The normalized spacial score (nSPS) is 14.4. The molecular weight excluding hydrogens is 256 g/mol. The maximum absolute atomic E-state index is 11.7. The third-order valence-corrected chi connectivity index (χ3v) is 3.50. The lowest BCUT2D eigenvalue weighted by molar-refractivity contribution is -0.161. The van der Waals surface area contributed by atoms with Crippen molar-refractivity contribution >= 4 is 11.9 Å². The minimum atomic E-state index is -0.487. The average Bonchev–Trinajstić information content (AvgIpc) is 2.33. The summed E-state index contributed by atoms with van der Waals surface area (Å²) in [6.07, 6.45) is 1.25. The van der Waals surface area contributed by atoms with E-state index in [9.17, 15) is 9.59 Å². The van der Waals surface area contributed by atoms with Crippen molar-refractivity contribution < 1.29 is 14.3 Å². The highest BCUT2D eigenvalue weighted by Gasteiger charge is 2.21. The Morgan fingerprint density at radius 2 is 1.50 bits per heavy atom. The van der Waals surface area contributed by atoms with Crippen molar-refractivity contribution in [1.29, 1.82) is 0 Å². The molecular formula is C15H30N2O3. The van der Waals surface area contributed by atoms with E-state index in [-0.39, 0.29) is 24.7 Å². The second-order valence-electron chi connectivity index (χ2n) is 6.23. The molecule has 0 aromatic carbocycles. The van der Waals surface area contributed by atoms with Gasteiger partial charge in [0.2, 0.25) is 0 Å². The summed E-state index contributed by atoms with van der Waals surface area (Å²) in [5.74, 6) is -0.0814. The third-order valence-electron chi connectivity index (χ3n) is 3.50. The van der Waals surface area contributed by atoms with Gasteiger partial charge in [-0.25, -0.2) is 0 Å². The monoisotopic (exact) mass is 286 g/mol. The third kappa shape index (κ3) is 8.27. The molecule has 5 nitrogen and oxygen atoms in total. The fourth-order valence-corrected chi connectivity index (χ4v) is 2.18. The molecule has 0 spiro atoms. The lowest BCUT2D eigenvalue weighted by atomic mass is 9.93. The lowest BCUT2D eigenvalue weighted by Crippen LogP contribution is -2.26. The van der Waals surface area contributed by atoms with E-state index in [1.165, 1.54) is 0 Å². The number of rotatable bonds is 9. The molecule has 2 unspecified atom stereocenters. The molecule has 0 heterocycles. The fourth-order valence-electron chi connectivity index (χ4n) is 2.18. The highest BCUT2D eigenvalue weighted by molar-refractivity contribution is 5.85. The predicted octanol–water partition coefficient (Wildman–Crippen LogP) is 1.69. The number of hydrogen-bond acceptors (Lipinski definition) is 5. The Hall–Kier alpha value is -0.940. The van der Waals surface area contributed by atoms with Crippen molar-refractivity contribution in [2.45, 2.75) is 47.0 Å². The topological polar surface area (TPSA) is 95.4 Å². The van der Waals surface area contributed by atoms with E-state index in [1.54, 1.807) is 0 Å². The highest BCUT2D eigenvalue weighted by atomic mass is 16.6. The van der Waals surface area contributed by atoms with E-state index < -0.39 is 11.9 Å². The Kier molecular flexibility index (Phi) is 9.42. The molecule has 0 bridgehead atoms. The molecule has 0 saturated carbocycles. The van der Waals surface area contributed by atoms with E-state index in [0.29, 0.717) is 24.9 Å². The Morgan fingerprint density at radius 1 is 0.950 bits per heavy atom. The standard InChI is InChI=1S/C15H30N2O3/c1-10(2)5-12(8-16)6-14(18)20-15(19)7-13(9-17)11(3)4/h10-13H,5-9,16-17H2,1-4H3. The summed E-state index contributed by atoms with van der Waals surface area (Å²) < 4.78 is 4.86. The predicted molar refractivity (Wildman–Crippen MR) is 79.7 cm³/mol. The summed E-state index contributed by atoms with van der Waals surface area (Å²) in [4.78, 5) is 23.4. The second kappa shape index (κ2) is 9.88. The Balaban J connectivity index is 4.21. The van der Waals surface area contributed by atoms with Crippen LogP contribution < -0.4 is 11.5 Å². The van der Waals surface area contributed by atoms with Gasteiger partial charge >= 0.3 is 11.9 Å². The summed E-state index contributed by atoms with van der Waals surface area (Å²) in [6.45, 7) is 9.00. The van der Waals surface area contributed by atoms with Crippen LogP contribution in [0.25, 0.3) is 0 Å². The van der Waals surface area contributed by atoms with Gasteiger partial charge in [-0.05, 0) is 43.2 Å². The molecule has 4 N–H and O–H groups in total. The molecule has 2 atom stereocenters. The first-order valence-corrected chi connectivity index (χ1v) is 7.43. The molecule has 0 aromatic rings. The van der Waals surface area contributed by atoms with Crippen LogP contribution in [0.4, 0.5) is 0 Å². The summed E-state index contributed by atoms with van der Waals surface area (Å²) >= 11 is 0.